The van der Waals surface area contributed by atoms with Crippen LogP contribution < -0.4 is 26.0 Å². The number of nitrogens with zero attached hydrogens (tertiary/aromatic N) is 2. The molecule has 1 aromatic heterocycles. The van der Waals surface area contributed by atoms with E-state index in [0.717, 1.165) is 27.3 Å². The van der Waals surface area contributed by atoms with Crippen LogP contribution in [0, 0.1) is 12.7 Å². The van der Waals surface area contributed by atoms with Gasteiger partial charge in [-0.1, -0.05) is 12.1 Å². The Kier molecular flexibility index (Phi) is 10.4. The van der Waals surface area contributed by atoms with Gasteiger partial charge in [-0.2, -0.15) is 13.2 Å². The van der Waals surface area contributed by atoms with Crippen molar-refractivity contribution in [2.75, 3.05) is 14.2 Å². The Morgan fingerprint density at radius 3 is 2.12 bits per heavy atom. The van der Waals surface area contributed by atoms with Gasteiger partial charge in [-0.15, -0.1) is 0 Å². The zero-order chi connectivity index (χ0) is 32.3. The van der Waals surface area contributed by atoms with Crippen molar-refractivity contribution in [2.45, 2.75) is 65.0 Å². The standard InChI is InChI=1S/C29H32BrF4N3O6/c1-16-24(30)25(38)36(27(40)37(16)15-17-18(29(32,33)34)9-7-10-19(17)31)14-13-20(35-26(39)43-28(2,3)4)23-21(41-5)11-8-12-22(23)42-6/h7-12,20H,13-15H2,1-6H3,(H,35,39)/t20-/m0/s1. The van der Waals surface area contributed by atoms with Gasteiger partial charge in [0.1, 0.15) is 27.4 Å². The molecule has 9 nitrogen and oxygen atoms in total. The van der Waals surface area contributed by atoms with Gasteiger partial charge >= 0.3 is 18.0 Å². The highest BCUT2D eigenvalue weighted by Gasteiger charge is 2.35. The fourth-order valence-corrected chi connectivity index (χ4v) is 4.94. The number of amides is 1. The molecular weight excluding hydrogens is 642 g/mol. The molecule has 1 atom stereocenters. The second kappa shape index (κ2) is 13.2. The summed E-state index contributed by atoms with van der Waals surface area (Å²) in [4.78, 5) is 39.6. The lowest BCUT2D eigenvalue weighted by atomic mass is 10.0. The number of carbonyl (C=O) groups excluding carboxylic acids is 1. The Balaban J connectivity index is 2.10. The van der Waals surface area contributed by atoms with Gasteiger partial charge in [-0.05, 0) is 74.3 Å². The molecule has 0 bridgehead atoms. The average Bonchev–Trinajstić information content (AvgIpc) is 2.92. The van der Waals surface area contributed by atoms with Crippen LogP contribution in [0.1, 0.15) is 55.6 Å². The first kappa shape index (κ1) is 33.7. The first-order chi connectivity index (χ1) is 20.0. The van der Waals surface area contributed by atoms with Crippen molar-refractivity contribution in [3.05, 3.63) is 89.9 Å². The van der Waals surface area contributed by atoms with E-state index in [-0.39, 0.29) is 23.1 Å². The third-order valence-corrected chi connectivity index (χ3v) is 7.42. The number of carbonyl (C=O) groups is 1. The van der Waals surface area contributed by atoms with Crippen LogP contribution >= 0.6 is 15.9 Å². The molecule has 1 N–H and O–H groups in total. The number of hydrogen-bond acceptors (Lipinski definition) is 6. The van der Waals surface area contributed by atoms with Crippen molar-refractivity contribution < 1.29 is 36.6 Å². The first-order valence-corrected chi connectivity index (χ1v) is 13.8. The zero-order valence-electron chi connectivity index (χ0n) is 24.4. The number of alkyl halides is 3. The highest BCUT2D eigenvalue weighted by atomic mass is 79.9. The van der Waals surface area contributed by atoms with Crippen molar-refractivity contribution >= 4 is 22.0 Å². The van der Waals surface area contributed by atoms with E-state index in [1.165, 1.54) is 21.1 Å². The summed E-state index contributed by atoms with van der Waals surface area (Å²) in [6.07, 6.45) is -5.75. The largest absolute Gasteiger partial charge is 0.496 e. The number of methoxy groups -OCH3 is 2. The van der Waals surface area contributed by atoms with E-state index in [1.54, 1.807) is 39.0 Å². The number of benzene rings is 2. The number of ether oxygens (including phenoxy) is 3. The highest BCUT2D eigenvalue weighted by Crippen LogP contribution is 2.36. The van der Waals surface area contributed by atoms with Gasteiger partial charge < -0.3 is 19.5 Å². The number of rotatable bonds is 9. The van der Waals surface area contributed by atoms with Crippen molar-refractivity contribution in [3.63, 3.8) is 0 Å². The summed E-state index contributed by atoms with van der Waals surface area (Å²) in [6.45, 7) is 5.30. The number of aromatic nitrogens is 2. The Hall–Kier alpha value is -3.81. The van der Waals surface area contributed by atoms with E-state index < -0.39 is 58.7 Å². The second-order valence-corrected chi connectivity index (χ2v) is 11.3. The minimum atomic E-state index is -4.88. The minimum Gasteiger partial charge on any atom is -0.496 e. The van der Waals surface area contributed by atoms with Crippen LogP contribution in [-0.4, -0.2) is 35.0 Å². The minimum absolute atomic E-state index is 0.0115. The summed E-state index contributed by atoms with van der Waals surface area (Å²) < 4.78 is 73.6. The molecule has 3 rings (SSSR count). The van der Waals surface area contributed by atoms with Gasteiger partial charge in [0.15, 0.2) is 0 Å². The third-order valence-electron chi connectivity index (χ3n) is 6.50. The summed E-state index contributed by atoms with van der Waals surface area (Å²) in [5, 5.41) is 2.73. The first-order valence-electron chi connectivity index (χ1n) is 13.0. The SMILES string of the molecule is COc1cccc(OC)c1[C@H](CCn1c(=O)c(Br)c(C)n(Cc2c(F)cccc2C(F)(F)F)c1=O)NC(=O)OC(C)(C)C. The number of alkyl carbamates (subject to hydrolysis) is 1. The van der Waals surface area contributed by atoms with Gasteiger partial charge in [0.2, 0.25) is 0 Å². The predicted molar refractivity (Wildman–Crippen MR) is 154 cm³/mol. The fourth-order valence-electron chi connectivity index (χ4n) is 4.51. The lowest BCUT2D eigenvalue weighted by Crippen LogP contribution is -2.43. The van der Waals surface area contributed by atoms with Gasteiger partial charge in [0.05, 0.1) is 37.9 Å². The fraction of sp³-hybridized carbons (Fsp3) is 0.414. The van der Waals surface area contributed by atoms with Gasteiger partial charge in [0, 0.05) is 17.8 Å². The summed E-state index contributed by atoms with van der Waals surface area (Å²) in [7, 11) is 2.84. The molecule has 0 spiro atoms. The van der Waals surface area contributed by atoms with Gasteiger partial charge in [0.25, 0.3) is 5.56 Å². The second-order valence-electron chi connectivity index (χ2n) is 10.6. The molecule has 2 aromatic carbocycles. The van der Waals surface area contributed by atoms with Crippen molar-refractivity contribution in [3.8, 4) is 11.5 Å². The lowest BCUT2D eigenvalue weighted by molar-refractivity contribution is -0.138. The van der Waals surface area contributed by atoms with E-state index in [4.69, 9.17) is 14.2 Å². The molecule has 0 aliphatic heterocycles. The van der Waals surface area contributed by atoms with Gasteiger partial charge in [-0.3, -0.25) is 13.9 Å². The van der Waals surface area contributed by atoms with Crippen LogP contribution in [0.3, 0.4) is 0 Å². The van der Waals surface area contributed by atoms with Crippen LogP contribution in [0.4, 0.5) is 22.4 Å². The summed E-state index contributed by atoms with van der Waals surface area (Å²) in [6, 6.07) is 6.54. The summed E-state index contributed by atoms with van der Waals surface area (Å²) in [5.74, 6) is -0.469. The predicted octanol–water partition coefficient (Wildman–Crippen LogP) is 5.96. The molecule has 0 unspecified atom stereocenters. The Morgan fingerprint density at radius 2 is 1.58 bits per heavy atom. The van der Waals surface area contributed by atoms with Crippen molar-refractivity contribution in [1.29, 1.82) is 0 Å². The molecule has 43 heavy (non-hydrogen) atoms. The van der Waals surface area contributed by atoms with Gasteiger partial charge in [-0.25, -0.2) is 14.0 Å². The molecule has 3 aromatic rings. The summed E-state index contributed by atoms with van der Waals surface area (Å²) in [5.41, 5.74) is -4.14. The van der Waals surface area contributed by atoms with Crippen molar-refractivity contribution in [2.24, 2.45) is 0 Å². The molecule has 0 saturated carbocycles. The maximum Gasteiger partial charge on any atom is 0.416 e. The molecule has 0 saturated heterocycles. The topological polar surface area (TPSA) is 101 Å². The normalized spacial score (nSPS) is 12.5. The smallest absolute Gasteiger partial charge is 0.416 e. The van der Waals surface area contributed by atoms with Crippen molar-refractivity contribution in [1.82, 2.24) is 14.5 Å². The molecule has 0 aliphatic carbocycles. The molecule has 234 valence electrons. The maximum atomic E-state index is 14.7. The summed E-state index contributed by atoms with van der Waals surface area (Å²) >= 11 is 3.14. The number of hydrogen-bond donors (Lipinski definition) is 1. The zero-order valence-corrected chi connectivity index (χ0v) is 26.0. The number of halogens is 5. The third kappa shape index (κ3) is 7.78. The number of nitrogens with one attached hydrogen (secondary N) is 1. The maximum absolute atomic E-state index is 14.7. The molecule has 1 amide bonds. The van der Waals surface area contributed by atoms with Crippen LogP contribution in [-0.2, 0) is 24.0 Å². The molecular formula is C29H32BrF4N3O6. The lowest BCUT2D eigenvalue weighted by Gasteiger charge is -2.26. The Bertz CT molecular complexity index is 1590. The van der Waals surface area contributed by atoms with Crippen LogP contribution in [0.2, 0.25) is 0 Å². The average molecular weight is 674 g/mol. The van der Waals surface area contributed by atoms with Crippen LogP contribution in [0.15, 0.2) is 50.5 Å². The molecule has 0 aliphatic rings. The van der Waals surface area contributed by atoms with E-state index in [1.807, 2.05) is 0 Å². The monoisotopic (exact) mass is 673 g/mol. The molecule has 0 radical (unpaired) electrons. The highest BCUT2D eigenvalue weighted by molar-refractivity contribution is 9.10. The molecule has 14 heteroatoms. The van der Waals surface area contributed by atoms with E-state index >= 15 is 0 Å². The van der Waals surface area contributed by atoms with Crippen LogP contribution in [0.5, 0.6) is 11.5 Å². The van der Waals surface area contributed by atoms with E-state index in [2.05, 4.69) is 21.2 Å². The quantitative estimate of drug-likeness (QED) is 0.282. The Morgan fingerprint density at radius 1 is 1.00 bits per heavy atom. The Labute approximate surface area is 253 Å². The van der Waals surface area contributed by atoms with E-state index in [0.29, 0.717) is 17.1 Å². The van der Waals surface area contributed by atoms with E-state index in [9.17, 15) is 31.9 Å². The molecule has 1 heterocycles. The molecule has 0 fully saturated rings. The van der Waals surface area contributed by atoms with Crippen LogP contribution in [0.25, 0.3) is 0 Å².